The fourth-order valence-corrected chi connectivity index (χ4v) is 3.36. The third-order valence-electron chi connectivity index (χ3n) is 3.76. The molecule has 0 spiro atoms. The molecule has 1 unspecified atom stereocenters. The quantitative estimate of drug-likeness (QED) is 0.668. The van der Waals surface area contributed by atoms with Crippen LogP contribution in [0.5, 0.6) is 5.88 Å². The van der Waals surface area contributed by atoms with Crippen LogP contribution in [0.2, 0.25) is 5.02 Å². The average Bonchev–Trinajstić information content (AvgIpc) is 2.78. The van der Waals surface area contributed by atoms with Crippen LogP contribution in [-0.2, 0) is 0 Å². The number of hydrogen-bond donors (Lipinski definition) is 1. The molecule has 7 heteroatoms. The summed E-state index contributed by atoms with van der Waals surface area (Å²) in [5.41, 5.74) is 3.37. The molecular formula is C18H15ClN4OS. The van der Waals surface area contributed by atoms with Crippen molar-refractivity contribution in [1.82, 2.24) is 15.2 Å². The minimum Gasteiger partial charge on any atom is -0.448 e. The molecule has 2 heterocycles. The van der Waals surface area contributed by atoms with E-state index in [1.807, 2.05) is 55.5 Å². The SMILES string of the molecule is CCSc1nnc2c(n1)OC(c1cccc(Cl)c1)Nc1ccccc1-2. The third kappa shape index (κ3) is 3.27. The first kappa shape index (κ1) is 16.2. The Balaban J connectivity index is 1.84. The third-order valence-corrected chi connectivity index (χ3v) is 4.71. The monoisotopic (exact) mass is 370 g/mol. The van der Waals surface area contributed by atoms with Gasteiger partial charge in [-0.15, -0.1) is 10.2 Å². The maximum atomic E-state index is 6.17. The largest absolute Gasteiger partial charge is 0.448 e. The van der Waals surface area contributed by atoms with Gasteiger partial charge in [-0.25, -0.2) is 0 Å². The summed E-state index contributed by atoms with van der Waals surface area (Å²) in [7, 11) is 0. The van der Waals surface area contributed by atoms with Crippen LogP contribution < -0.4 is 10.1 Å². The van der Waals surface area contributed by atoms with Gasteiger partial charge in [0, 0.05) is 21.8 Å². The minimum atomic E-state index is -0.419. The fraction of sp³-hybridized carbons (Fsp3) is 0.167. The van der Waals surface area contributed by atoms with E-state index in [0.29, 0.717) is 21.8 Å². The molecule has 0 saturated carbocycles. The summed E-state index contributed by atoms with van der Waals surface area (Å²) in [4.78, 5) is 4.55. The number of nitrogens with zero attached hydrogens (tertiary/aromatic N) is 3. The number of hydrogen-bond acceptors (Lipinski definition) is 6. The van der Waals surface area contributed by atoms with E-state index in [0.717, 1.165) is 22.6 Å². The van der Waals surface area contributed by atoms with Crippen LogP contribution in [0.15, 0.2) is 53.7 Å². The second-order valence-corrected chi connectivity index (χ2v) is 7.09. The van der Waals surface area contributed by atoms with Gasteiger partial charge in [0.25, 0.3) is 0 Å². The van der Waals surface area contributed by atoms with Crippen molar-refractivity contribution < 1.29 is 4.74 Å². The summed E-state index contributed by atoms with van der Waals surface area (Å²) in [5, 5.41) is 13.2. The Hall–Kier alpha value is -2.31. The van der Waals surface area contributed by atoms with Gasteiger partial charge in [0.15, 0.2) is 11.9 Å². The van der Waals surface area contributed by atoms with Crippen molar-refractivity contribution in [2.75, 3.05) is 11.1 Å². The molecule has 5 nitrogen and oxygen atoms in total. The Morgan fingerprint density at radius 2 is 2.04 bits per heavy atom. The van der Waals surface area contributed by atoms with Gasteiger partial charge in [-0.1, -0.05) is 60.6 Å². The zero-order valence-corrected chi connectivity index (χ0v) is 15.0. The van der Waals surface area contributed by atoms with E-state index in [2.05, 4.69) is 20.5 Å². The molecule has 1 aliphatic rings. The highest BCUT2D eigenvalue weighted by Crippen LogP contribution is 2.39. The van der Waals surface area contributed by atoms with Crippen molar-refractivity contribution in [2.45, 2.75) is 18.3 Å². The van der Waals surface area contributed by atoms with Gasteiger partial charge in [0.05, 0.1) is 0 Å². The molecule has 3 aromatic rings. The lowest BCUT2D eigenvalue weighted by atomic mass is 10.1. The highest BCUT2D eigenvalue weighted by Gasteiger charge is 2.25. The Morgan fingerprint density at radius 1 is 1.16 bits per heavy atom. The number of ether oxygens (including phenoxy) is 1. The van der Waals surface area contributed by atoms with E-state index in [4.69, 9.17) is 16.3 Å². The smallest absolute Gasteiger partial charge is 0.247 e. The van der Waals surface area contributed by atoms with Gasteiger partial charge in [0.2, 0.25) is 11.0 Å². The number of rotatable bonds is 3. The molecule has 0 saturated heterocycles. The van der Waals surface area contributed by atoms with E-state index in [9.17, 15) is 0 Å². The van der Waals surface area contributed by atoms with Crippen LogP contribution in [0, 0.1) is 0 Å². The standard InChI is InChI=1S/C18H15ClN4OS/c1-2-25-18-21-17-15(22-23-18)13-8-3-4-9-14(13)20-16(24-17)11-6-5-7-12(19)10-11/h3-10,16,20H,2H2,1H3. The Bertz CT molecular complexity index is 921. The summed E-state index contributed by atoms with van der Waals surface area (Å²) in [6, 6.07) is 15.5. The maximum absolute atomic E-state index is 6.17. The van der Waals surface area contributed by atoms with Crippen molar-refractivity contribution in [1.29, 1.82) is 0 Å². The molecule has 0 fully saturated rings. The van der Waals surface area contributed by atoms with Gasteiger partial charge in [-0.2, -0.15) is 4.98 Å². The predicted octanol–water partition coefficient (Wildman–Crippen LogP) is 4.81. The first-order valence-corrected chi connectivity index (χ1v) is 9.26. The molecule has 1 aromatic heterocycles. The topological polar surface area (TPSA) is 59.9 Å². The van der Waals surface area contributed by atoms with Gasteiger partial charge in [0.1, 0.15) is 0 Å². The fourth-order valence-electron chi connectivity index (χ4n) is 2.66. The molecule has 1 N–H and O–H groups in total. The molecule has 25 heavy (non-hydrogen) atoms. The van der Waals surface area contributed by atoms with Crippen LogP contribution in [0.3, 0.4) is 0 Å². The molecule has 0 aliphatic carbocycles. The van der Waals surface area contributed by atoms with Crippen LogP contribution in [0.4, 0.5) is 5.69 Å². The number of nitrogens with one attached hydrogen (secondary N) is 1. The Kier molecular flexibility index (Phi) is 4.46. The van der Waals surface area contributed by atoms with Crippen molar-refractivity contribution in [3.63, 3.8) is 0 Å². The summed E-state index contributed by atoms with van der Waals surface area (Å²) >= 11 is 7.68. The van der Waals surface area contributed by atoms with Gasteiger partial charge >= 0.3 is 0 Å². The van der Waals surface area contributed by atoms with Crippen LogP contribution >= 0.6 is 23.4 Å². The molecular weight excluding hydrogens is 356 g/mol. The van der Waals surface area contributed by atoms with E-state index in [1.165, 1.54) is 11.8 Å². The number of anilines is 1. The van der Waals surface area contributed by atoms with Crippen molar-refractivity contribution in [3.05, 3.63) is 59.1 Å². The first-order chi connectivity index (χ1) is 12.2. The molecule has 126 valence electrons. The number of benzene rings is 2. The summed E-state index contributed by atoms with van der Waals surface area (Å²) in [5.74, 6) is 1.33. The van der Waals surface area contributed by atoms with Crippen LogP contribution in [0.25, 0.3) is 11.3 Å². The zero-order chi connectivity index (χ0) is 17.2. The predicted molar refractivity (Wildman–Crippen MR) is 100 cm³/mol. The van der Waals surface area contributed by atoms with Crippen molar-refractivity contribution in [3.8, 4) is 17.1 Å². The molecule has 0 radical (unpaired) electrons. The number of aromatic nitrogens is 3. The minimum absolute atomic E-state index is 0.419. The Morgan fingerprint density at radius 3 is 2.88 bits per heavy atom. The lowest BCUT2D eigenvalue weighted by molar-refractivity contribution is 0.225. The molecule has 4 rings (SSSR count). The highest BCUT2D eigenvalue weighted by atomic mass is 35.5. The summed E-state index contributed by atoms with van der Waals surface area (Å²) in [6.07, 6.45) is -0.419. The summed E-state index contributed by atoms with van der Waals surface area (Å²) in [6.45, 7) is 2.05. The summed E-state index contributed by atoms with van der Waals surface area (Å²) < 4.78 is 6.17. The first-order valence-electron chi connectivity index (χ1n) is 7.90. The van der Waals surface area contributed by atoms with Gasteiger partial charge in [-0.05, 0) is 24.0 Å². The second kappa shape index (κ2) is 6.90. The van der Waals surface area contributed by atoms with Crippen molar-refractivity contribution >= 4 is 29.1 Å². The second-order valence-electron chi connectivity index (χ2n) is 5.42. The zero-order valence-electron chi connectivity index (χ0n) is 13.4. The van der Waals surface area contributed by atoms with Gasteiger partial charge in [-0.3, -0.25) is 0 Å². The van der Waals surface area contributed by atoms with Crippen LogP contribution in [0.1, 0.15) is 18.7 Å². The number of para-hydroxylation sites is 1. The van der Waals surface area contributed by atoms with Crippen molar-refractivity contribution in [2.24, 2.45) is 0 Å². The van der Waals surface area contributed by atoms with E-state index < -0.39 is 6.23 Å². The molecule has 2 aromatic carbocycles. The van der Waals surface area contributed by atoms with E-state index in [1.54, 1.807) is 0 Å². The lowest BCUT2D eigenvalue weighted by Gasteiger charge is -2.19. The molecule has 1 atom stereocenters. The highest BCUT2D eigenvalue weighted by molar-refractivity contribution is 7.99. The molecule has 0 amide bonds. The normalized spacial score (nSPS) is 15.4. The Labute approximate surface area is 154 Å². The van der Waals surface area contributed by atoms with E-state index in [-0.39, 0.29) is 0 Å². The van der Waals surface area contributed by atoms with Gasteiger partial charge < -0.3 is 10.1 Å². The average molecular weight is 371 g/mol. The van der Waals surface area contributed by atoms with Crippen LogP contribution in [-0.4, -0.2) is 20.9 Å². The number of fused-ring (bicyclic) bond motifs is 3. The number of thioether (sulfide) groups is 1. The number of halogens is 1. The lowest BCUT2D eigenvalue weighted by Crippen LogP contribution is -2.17. The maximum Gasteiger partial charge on any atom is 0.247 e. The molecule has 1 aliphatic heterocycles. The molecule has 0 bridgehead atoms. The van der Waals surface area contributed by atoms with E-state index >= 15 is 0 Å².